The second-order valence-electron chi connectivity index (χ2n) is 8.64. The third kappa shape index (κ3) is 7.27. The number of hydrogen-bond donors (Lipinski definition) is 3. The minimum Gasteiger partial charge on any atom is -0.357 e. The van der Waals surface area contributed by atoms with Crippen molar-refractivity contribution >= 4 is 28.9 Å². The lowest BCUT2D eigenvalue weighted by Crippen LogP contribution is -2.49. The van der Waals surface area contributed by atoms with Gasteiger partial charge in [0.2, 0.25) is 0 Å². The van der Waals surface area contributed by atoms with Crippen molar-refractivity contribution in [3.8, 4) is 0 Å². The first-order valence-corrected chi connectivity index (χ1v) is 12.2. The van der Waals surface area contributed by atoms with Gasteiger partial charge in [0.15, 0.2) is 0 Å². The van der Waals surface area contributed by atoms with E-state index in [1.54, 1.807) is 4.90 Å². The molecule has 0 atom stereocenters. The maximum Gasteiger partial charge on any atom is 0.390 e. The zero-order valence-electron chi connectivity index (χ0n) is 19.8. The molecule has 2 aliphatic heterocycles. The molecule has 1 saturated heterocycles. The van der Waals surface area contributed by atoms with Crippen LogP contribution in [0.15, 0.2) is 35.0 Å². The van der Waals surface area contributed by atoms with Crippen LogP contribution < -0.4 is 10.6 Å². The van der Waals surface area contributed by atoms with Gasteiger partial charge < -0.3 is 15.1 Å². The van der Waals surface area contributed by atoms with E-state index in [1.807, 2.05) is 56.1 Å². The molecule has 2 heterocycles. The highest BCUT2D eigenvalue weighted by molar-refractivity contribution is 8.17. The van der Waals surface area contributed by atoms with Gasteiger partial charge in [-0.3, -0.25) is 10.7 Å². The molecule has 1 aromatic rings. The largest absolute Gasteiger partial charge is 0.390 e. The Kier molecular flexibility index (Phi) is 8.70. The van der Waals surface area contributed by atoms with Crippen LogP contribution in [0, 0.1) is 5.41 Å². The number of urea groups is 1. The number of fused-ring (bicyclic) bond motifs is 1. The Hall–Kier alpha value is -2.46. The molecule has 3 N–H and O–H groups in total. The van der Waals surface area contributed by atoms with Crippen LogP contribution in [0.5, 0.6) is 0 Å². The molecule has 1 aromatic carbocycles. The quantitative estimate of drug-likeness (QED) is 0.378. The summed E-state index contributed by atoms with van der Waals surface area (Å²) in [6.07, 6.45) is 0.144. The number of carbonyl (C=O) groups excluding carboxylic acids is 1. The second kappa shape index (κ2) is 11.3. The zero-order valence-corrected chi connectivity index (χ0v) is 20.6. The van der Waals surface area contributed by atoms with Crippen molar-refractivity contribution in [2.45, 2.75) is 51.9 Å². The molecule has 0 spiro atoms. The molecule has 0 saturated carbocycles. The number of benzene rings is 1. The molecule has 186 valence electrons. The summed E-state index contributed by atoms with van der Waals surface area (Å²) >= 11 is 1.42. The van der Waals surface area contributed by atoms with Gasteiger partial charge in [0.25, 0.3) is 0 Å². The smallest absolute Gasteiger partial charge is 0.357 e. The Labute approximate surface area is 203 Å². The van der Waals surface area contributed by atoms with E-state index in [4.69, 9.17) is 5.41 Å². The van der Waals surface area contributed by atoms with Crippen molar-refractivity contribution in [3.05, 3.63) is 51.7 Å². The number of allylic oxidation sites excluding steroid dienone is 2. The third-order valence-corrected chi connectivity index (χ3v) is 7.04. The van der Waals surface area contributed by atoms with Crippen LogP contribution in [0.1, 0.15) is 49.8 Å². The summed E-state index contributed by atoms with van der Waals surface area (Å²) in [5.41, 5.74) is 2.93. The van der Waals surface area contributed by atoms with Gasteiger partial charge in [-0.15, -0.1) is 0 Å². The highest BCUT2D eigenvalue weighted by atomic mass is 32.2. The third-order valence-electron chi connectivity index (χ3n) is 6.05. The van der Waals surface area contributed by atoms with Crippen molar-refractivity contribution in [3.63, 3.8) is 0 Å². The summed E-state index contributed by atoms with van der Waals surface area (Å²) in [7, 11) is 1.91. The number of carbonyl (C=O) groups is 1. The highest BCUT2D eigenvalue weighted by Gasteiger charge is 2.28. The SMILES string of the molecule is C/C=C(\C)SC(=N)c1ccc2c(c1)C=C(NC(=O)N1CCC(NCCC(F)(F)F)CC1)N(C)C2. The molecule has 10 heteroatoms. The predicted octanol–water partition coefficient (Wildman–Crippen LogP) is 5.13. The maximum absolute atomic E-state index is 12.8. The molecule has 1 fully saturated rings. The first-order chi connectivity index (χ1) is 16.1. The topological polar surface area (TPSA) is 71.5 Å². The van der Waals surface area contributed by atoms with Gasteiger partial charge >= 0.3 is 12.2 Å². The molecule has 2 amide bonds. The normalized spacial score (nSPS) is 17.4. The molecule has 0 aromatic heterocycles. The van der Waals surface area contributed by atoms with E-state index < -0.39 is 12.6 Å². The van der Waals surface area contributed by atoms with Crippen LogP contribution in [0.4, 0.5) is 18.0 Å². The molecule has 3 rings (SSSR count). The number of hydrogen-bond acceptors (Lipinski definition) is 5. The minimum absolute atomic E-state index is 0.00681. The lowest BCUT2D eigenvalue weighted by Gasteiger charge is -2.34. The fourth-order valence-corrected chi connectivity index (χ4v) is 4.60. The van der Waals surface area contributed by atoms with E-state index in [-0.39, 0.29) is 18.6 Å². The van der Waals surface area contributed by atoms with Gasteiger partial charge in [0.1, 0.15) is 5.82 Å². The van der Waals surface area contributed by atoms with Gasteiger partial charge in [0, 0.05) is 44.8 Å². The Morgan fingerprint density at radius 1 is 1.29 bits per heavy atom. The average Bonchev–Trinajstić information content (AvgIpc) is 2.78. The number of likely N-dealkylation sites (tertiary alicyclic amines) is 1. The Morgan fingerprint density at radius 3 is 2.65 bits per heavy atom. The number of alkyl halides is 3. The van der Waals surface area contributed by atoms with Gasteiger partial charge in [-0.25, -0.2) is 4.79 Å². The van der Waals surface area contributed by atoms with Crippen LogP contribution in [-0.4, -0.2) is 59.8 Å². The molecule has 0 bridgehead atoms. The summed E-state index contributed by atoms with van der Waals surface area (Å²) in [6, 6.07) is 5.73. The van der Waals surface area contributed by atoms with Crippen molar-refractivity contribution in [1.29, 1.82) is 5.41 Å². The highest BCUT2D eigenvalue weighted by Crippen LogP contribution is 2.27. The van der Waals surface area contributed by atoms with Gasteiger partial charge in [-0.05, 0) is 54.9 Å². The van der Waals surface area contributed by atoms with E-state index >= 15 is 0 Å². The van der Waals surface area contributed by atoms with Crippen molar-refractivity contribution < 1.29 is 18.0 Å². The Bertz CT molecular complexity index is 968. The maximum atomic E-state index is 12.8. The first-order valence-electron chi connectivity index (χ1n) is 11.4. The molecule has 0 aliphatic carbocycles. The Balaban J connectivity index is 1.58. The lowest BCUT2D eigenvalue weighted by molar-refractivity contribution is -0.133. The van der Waals surface area contributed by atoms with Crippen LogP contribution in [-0.2, 0) is 6.54 Å². The molecule has 0 radical (unpaired) electrons. The van der Waals surface area contributed by atoms with E-state index in [1.165, 1.54) is 11.8 Å². The van der Waals surface area contributed by atoms with Crippen molar-refractivity contribution in [1.82, 2.24) is 20.4 Å². The van der Waals surface area contributed by atoms with Crippen LogP contribution >= 0.6 is 11.8 Å². The fraction of sp³-hybridized carbons (Fsp3) is 0.500. The number of nitrogens with zero attached hydrogens (tertiary/aromatic N) is 2. The molecular formula is C24H32F3N5OS. The summed E-state index contributed by atoms with van der Waals surface area (Å²) in [5.74, 6) is 0.684. The van der Waals surface area contributed by atoms with Crippen LogP contribution in [0.3, 0.4) is 0 Å². The van der Waals surface area contributed by atoms with Crippen molar-refractivity contribution in [2.75, 3.05) is 26.7 Å². The number of nitrogens with one attached hydrogen (secondary N) is 3. The minimum atomic E-state index is -4.16. The number of piperidine rings is 1. The number of amides is 2. The summed E-state index contributed by atoms with van der Waals surface area (Å²) < 4.78 is 37.0. The van der Waals surface area contributed by atoms with E-state index in [0.717, 1.165) is 21.6 Å². The number of rotatable bonds is 6. The monoisotopic (exact) mass is 495 g/mol. The summed E-state index contributed by atoms with van der Waals surface area (Å²) in [6.45, 7) is 5.45. The van der Waals surface area contributed by atoms with Gasteiger partial charge in [-0.2, -0.15) is 13.2 Å². The van der Waals surface area contributed by atoms with E-state index in [2.05, 4.69) is 10.6 Å². The Morgan fingerprint density at radius 2 is 2.00 bits per heavy atom. The van der Waals surface area contributed by atoms with Gasteiger partial charge in [0.05, 0.1) is 11.5 Å². The van der Waals surface area contributed by atoms with E-state index in [9.17, 15) is 18.0 Å². The number of thioether (sulfide) groups is 1. The standard InChI is InChI=1S/C24H32F3N5OS/c1-4-16(2)34-22(28)17-5-6-18-15-31(3)21(14-19(18)13-17)30-23(33)32-11-7-20(8-12-32)29-10-9-24(25,26)27/h4-6,13-14,20,28-29H,7-12,15H2,1-3H3,(H,30,33)/b16-4+,28-22?. The number of halogens is 3. The van der Waals surface area contributed by atoms with Crippen LogP contribution in [0.25, 0.3) is 6.08 Å². The summed E-state index contributed by atoms with van der Waals surface area (Å²) in [4.78, 5) is 17.6. The second-order valence-corrected chi connectivity index (χ2v) is 9.90. The summed E-state index contributed by atoms with van der Waals surface area (Å²) in [5, 5.41) is 14.8. The predicted molar refractivity (Wildman–Crippen MR) is 132 cm³/mol. The average molecular weight is 496 g/mol. The van der Waals surface area contributed by atoms with Gasteiger partial charge in [-0.1, -0.05) is 30.0 Å². The lowest BCUT2D eigenvalue weighted by atomic mass is 10.0. The molecular weight excluding hydrogens is 463 g/mol. The van der Waals surface area contributed by atoms with Crippen molar-refractivity contribution in [2.24, 2.45) is 0 Å². The fourth-order valence-electron chi connectivity index (χ4n) is 3.92. The first kappa shape index (κ1) is 26.2. The molecule has 0 unspecified atom stereocenters. The molecule has 34 heavy (non-hydrogen) atoms. The van der Waals surface area contributed by atoms with E-state index in [0.29, 0.717) is 43.3 Å². The molecule has 2 aliphatic rings. The van der Waals surface area contributed by atoms with Crippen LogP contribution in [0.2, 0.25) is 0 Å². The molecule has 6 nitrogen and oxygen atoms in total. The zero-order chi connectivity index (χ0) is 24.9.